The molecule has 1 amide bonds. The van der Waals surface area contributed by atoms with Crippen molar-refractivity contribution in [2.45, 2.75) is 44.6 Å². The molecule has 2 aromatic heterocycles. The molecule has 1 aliphatic heterocycles. The van der Waals surface area contributed by atoms with Gasteiger partial charge >= 0.3 is 5.97 Å². The van der Waals surface area contributed by atoms with Gasteiger partial charge in [-0.1, -0.05) is 49.6 Å². The Morgan fingerprint density at radius 3 is 2.50 bits per heavy atom. The number of carbonyl (C=O) groups is 2. The van der Waals surface area contributed by atoms with Gasteiger partial charge in [0.15, 0.2) is 0 Å². The Balaban J connectivity index is 1.39. The first-order chi connectivity index (χ1) is 22.4. The molecule has 2 aliphatic rings. The quantitative estimate of drug-likeness (QED) is 0.153. The van der Waals surface area contributed by atoms with Crippen molar-refractivity contribution in [2.24, 2.45) is 0 Å². The molecule has 1 saturated carbocycles. The van der Waals surface area contributed by atoms with Gasteiger partial charge in [-0.3, -0.25) is 14.9 Å². The van der Waals surface area contributed by atoms with Crippen LogP contribution in [0.3, 0.4) is 0 Å². The van der Waals surface area contributed by atoms with E-state index in [1.807, 2.05) is 39.8 Å². The number of morpholine rings is 1. The minimum atomic E-state index is -1.01. The number of amides is 1. The number of benzene rings is 3. The van der Waals surface area contributed by atoms with Crippen molar-refractivity contribution >= 4 is 39.4 Å². The van der Waals surface area contributed by atoms with Crippen molar-refractivity contribution in [1.29, 1.82) is 0 Å². The second kappa shape index (κ2) is 12.4. The van der Waals surface area contributed by atoms with Crippen LogP contribution in [-0.4, -0.2) is 62.7 Å². The van der Waals surface area contributed by atoms with E-state index in [0.717, 1.165) is 58.7 Å². The SMILES string of the molecule is O=C(O)c1ccc2c(C3CCCCC3)c(-c3ccc4nc(-c5cccc([N+](=O)[O-])c5)ccc4c3)n(CC(=O)N3CCOCC3)c2c1. The van der Waals surface area contributed by atoms with Gasteiger partial charge in [0.25, 0.3) is 5.69 Å². The first kappa shape index (κ1) is 29.6. The van der Waals surface area contributed by atoms with Crippen LogP contribution in [0.1, 0.15) is 53.9 Å². The van der Waals surface area contributed by atoms with Crippen LogP contribution in [0.25, 0.3) is 44.3 Å². The smallest absolute Gasteiger partial charge is 0.335 e. The third-order valence-corrected chi connectivity index (χ3v) is 9.34. The van der Waals surface area contributed by atoms with Gasteiger partial charge < -0.3 is 19.3 Å². The molecule has 2 fully saturated rings. The maximum absolute atomic E-state index is 13.7. The molecule has 3 heterocycles. The van der Waals surface area contributed by atoms with Gasteiger partial charge in [0.2, 0.25) is 5.91 Å². The molecule has 10 nitrogen and oxygen atoms in total. The molecule has 1 N–H and O–H groups in total. The Morgan fingerprint density at radius 1 is 0.935 bits per heavy atom. The van der Waals surface area contributed by atoms with Crippen LogP contribution in [0, 0.1) is 10.1 Å². The molecular formula is C36H34N4O6. The molecule has 46 heavy (non-hydrogen) atoms. The summed E-state index contributed by atoms with van der Waals surface area (Å²) in [5.74, 6) is -0.751. The van der Waals surface area contributed by atoms with Crippen molar-refractivity contribution in [1.82, 2.24) is 14.5 Å². The van der Waals surface area contributed by atoms with Crippen LogP contribution >= 0.6 is 0 Å². The lowest BCUT2D eigenvalue weighted by molar-refractivity contribution is -0.384. The second-order valence-electron chi connectivity index (χ2n) is 12.1. The fraction of sp³-hybridized carbons (Fsp3) is 0.306. The number of carboxylic acid groups (broad SMARTS) is 1. The second-order valence-corrected chi connectivity index (χ2v) is 12.1. The van der Waals surface area contributed by atoms with Crippen molar-refractivity contribution in [3.8, 4) is 22.5 Å². The molecule has 7 rings (SSSR count). The Morgan fingerprint density at radius 2 is 1.74 bits per heavy atom. The Bertz CT molecular complexity index is 1990. The lowest BCUT2D eigenvalue weighted by atomic mass is 9.81. The van der Waals surface area contributed by atoms with Crippen molar-refractivity contribution < 1.29 is 24.4 Å². The first-order valence-electron chi connectivity index (χ1n) is 15.8. The number of aromatic carboxylic acids is 1. The van der Waals surface area contributed by atoms with Crippen LogP contribution in [-0.2, 0) is 16.1 Å². The zero-order valence-electron chi connectivity index (χ0n) is 25.4. The molecule has 0 bridgehead atoms. The van der Waals surface area contributed by atoms with Crippen LogP contribution < -0.4 is 0 Å². The Labute approximate surface area is 265 Å². The molecule has 0 radical (unpaired) electrons. The molecule has 5 aromatic rings. The Hall–Kier alpha value is -5.09. The van der Waals surface area contributed by atoms with E-state index in [1.54, 1.807) is 24.3 Å². The highest BCUT2D eigenvalue weighted by Gasteiger charge is 2.29. The van der Waals surface area contributed by atoms with E-state index in [4.69, 9.17) is 9.72 Å². The van der Waals surface area contributed by atoms with Crippen LogP contribution in [0.2, 0.25) is 0 Å². The first-order valence-corrected chi connectivity index (χ1v) is 15.8. The fourth-order valence-corrected chi connectivity index (χ4v) is 7.05. The van der Waals surface area contributed by atoms with Crippen LogP contribution in [0.4, 0.5) is 5.69 Å². The zero-order valence-corrected chi connectivity index (χ0v) is 25.4. The predicted molar refractivity (Wildman–Crippen MR) is 175 cm³/mol. The summed E-state index contributed by atoms with van der Waals surface area (Å²) < 4.78 is 7.50. The number of non-ortho nitro benzene ring substituents is 1. The highest BCUT2D eigenvalue weighted by Crippen LogP contribution is 2.45. The minimum absolute atomic E-state index is 0.00972. The van der Waals surface area contributed by atoms with E-state index in [-0.39, 0.29) is 29.6 Å². The number of rotatable bonds is 7. The largest absolute Gasteiger partial charge is 0.478 e. The summed E-state index contributed by atoms with van der Waals surface area (Å²) >= 11 is 0. The topological polar surface area (TPSA) is 128 Å². The lowest BCUT2D eigenvalue weighted by Crippen LogP contribution is -2.42. The molecule has 10 heteroatoms. The number of ether oxygens (including phenoxy) is 1. The van der Waals surface area contributed by atoms with E-state index >= 15 is 0 Å². The lowest BCUT2D eigenvalue weighted by Gasteiger charge is -2.28. The summed E-state index contributed by atoms with van der Waals surface area (Å²) in [6.07, 6.45) is 5.51. The van der Waals surface area contributed by atoms with Crippen molar-refractivity contribution in [2.75, 3.05) is 26.3 Å². The maximum Gasteiger partial charge on any atom is 0.335 e. The summed E-state index contributed by atoms with van der Waals surface area (Å²) in [5.41, 5.74) is 6.02. The summed E-state index contributed by atoms with van der Waals surface area (Å²) in [5, 5.41) is 23.1. The van der Waals surface area contributed by atoms with Crippen LogP contribution in [0.5, 0.6) is 0 Å². The molecule has 234 valence electrons. The standard InChI is InChI=1S/C36H34N4O6/c41-33(38-15-17-46-18-16-38)22-39-32-21-27(36(42)43)9-12-29(32)34(23-5-2-1-3-6-23)35(39)26-11-14-31-25(19-26)10-13-30(37-31)24-7-4-8-28(20-24)40(44)45/h4,7-14,19-21,23H,1-3,5-6,15-18,22H2,(H,42,43). The van der Waals surface area contributed by atoms with E-state index in [1.165, 1.54) is 24.1 Å². The van der Waals surface area contributed by atoms with E-state index in [0.29, 0.717) is 37.6 Å². The molecule has 0 spiro atoms. The summed E-state index contributed by atoms with van der Waals surface area (Å²) in [6.45, 7) is 2.13. The van der Waals surface area contributed by atoms with E-state index in [9.17, 15) is 24.8 Å². The van der Waals surface area contributed by atoms with Gasteiger partial charge in [0, 0.05) is 41.6 Å². The van der Waals surface area contributed by atoms with Gasteiger partial charge in [-0.15, -0.1) is 0 Å². The van der Waals surface area contributed by atoms with Gasteiger partial charge in [0.1, 0.15) is 6.54 Å². The Kier molecular flexibility index (Phi) is 7.96. The monoisotopic (exact) mass is 618 g/mol. The number of fused-ring (bicyclic) bond motifs is 2. The van der Waals surface area contributed by atoms with Crippen molar-refractivity contribution in [3.63, 3.8) is 0 Å². The van der Waals surface area contributed by atoms with E-state index in [2.05, 4.69) is 6.07 Å². The van der Waals surface area contributed by atoms with E-state index < -0.39 is 10.9 Å². The number of pyridine rings is 1. The number of carboxylic acids is 1. The third kappa shape index (κ3) is 5.60. The number of hydrogen-bond donors (Lipinski definition) is 1. The molecule has 0 unspecified atom stereocenters. The number of carbonyl (C=O) groups excluding carboxylic acids is 1. The average molecular weight is 619 g/mol. The number of aromatic nitrogens is 2. The molecule has 3 aromatic carbocycles. The number of hydrogen-bond acceptors (Lipinski definition) is 6. The summed E-state index contributed by atoms with van der Waals surface area (Å²) in [7, 11) is 0. The van der Waals surface area contributed by atoms with Gasteiger partial charge in [-0.25, -0.2) is 9.78 Å². The fourth-order valence-electron chi connectivity index (χ4n) is 7.05. The van der Waals surface area contributed by atoms with Gasteiger partial charge in [-0.2, -0.15) is 0 Å². The summed E-state index contributed by atoms with van der Waals surface area (Å²) in [4.78, 5) is 43.4. The molecule has 0 atom stereocenters. The van der Waals surface area contributed by atoms with Crippen molar-refractivity contribution in [3.05, 3.63) is 94.0 Å². The highest BCUT2D eigenvalue weighted by atomic mass is 16.6. The summed E-state index contributed by atoms with van der Waals surface area (Å²) in [6, 6.07) is 21.6. The average Bonchev–Trinajstić information content (AvgIpc) is 3.41. The molecule has 1 saturated heterocycles. The third-order valence-electron chi connectivity index (χ3n) is 9.34. The number of nitro groups is 1. The number of nitrogens with zero attached hydrogens (tertiary/aromatic N) is 4. The normalized spacial score (nSPS) is 15.8. The number of nitro benzene ring substituents is 1. The maximum atomic E-state index is 13.7. The predicted octanol–water partition coefficient (Wildman–Crippen LogP) is 7.04. The van der Waals surface area contributed by atoms with Gasteiger partial charge in [-0.05, 0) is 60.2 Å². The van der Waals surface area contributed by atoms with Gasteiger partial charge in [0.05, 0.1) is 46.1 Å². The van der Waals surface area contributed by atoms with Crippen LogP contribution in [0.15, 0.2) is 72.8 Å². The molecule has 1 aliphatic carbocycles. The minimum Gasteiger partial charge on any atom is -0.478 e. The molecular weight excluding hydrogens is 584 g/mol. The zero-order chi connectivity index (χ0) is 31.8. The highest BCUT2D eigenvalue weighted by molar-refractivity contribution is 6.00.